The van der Waals surface area contributed by atoms with Crippen molar-refractivity contribution in [1.82, 2.24) is 0 Å². The van der Waals surface area contributed by atoms with Gasteiger partial charge in [0.2, 0.25) is 0 Å². The van der Waals surface area contributed by atoms with Crippen LogP contribution in [-0.4, -0.2) is 23.5 Å². The van der Waals surface area contributed by atoms with E-state index in [-0.39, 0.29) is 33.8 Å². The van der Waals surface area contributed by atoms with Crippen LogP contribution in [0.1, 0.15) is 98.8 Å². The smallest absolute Gasteiger partial charge is 0.126 e. The molecule has 4 fully saturated rings. The van der Waals surface area contributed by atoms with E-state index in [1.165, 1.54) is 6.29 Å². The molecule has 3 N–H and O–H groups in total. The van der Waals surface area contributed by atoms with Gasteiger partial charge in [-0.2, -0.15) is 0 Å². The van der Waals surface area contributed by atoms with Crippen LogP contribution in [0.4, 0.5) is 0 Å². The maximum Gasteiger partial charge on any atom is 0.126 e. The number of carbonyl (C=O) groups is 1. The van der Waals surface area contributed by atoms with Crippen LogP contribution < -0.4 is 5.73 Å². The van der Waals surface area contributed by atoms with Crippen molar-refractivity contribution < 1.29 is 9.90 Å². The van der Waals surface area contributed by atoms with Crippen LogP contribution in [0.2, 0.25) is 0 Å². The average molecular weight is 428 g/mol. The fourth-order valence-electron chi connectivity index (χ4n) is 9.77. The van der Waals surface area contributed by atoms with Gasteiger partial charge in [-0.3, -0.25) is 0 Å². The van der Waals surface area contributed by atoms with E-state index in [1.54, 1.807) is 5.57 Å². The first-order valence-electron chi connectivity index (χ1n) is 13.0. The molecule has 4 saturated carbocycles. The Kier molecular flexibility index (Phi) is 4.78. The lowest BCUT2D eigenvalue weighted by atomic mass is 9.34. The molecule has 0 aliphatic heterocycles. The first kappa shape index (κ1) is 22.1. The second kappa shape index (κ2) is 6.69. The molecule has 5 aliphatic rings. The fourth-order valence-corrected chi connectivity index (χ4v) is 9.77. The van der Waals surface area contributed by atoms with E-state index in [9.17, 15) is 9.90 Å². The van der Waals surface area contributed by atoms with Gasteiger partial charge in [0.25, 0.3) is 0 Å². The van der Waals surface area contributed by atoms with E-state index < -0.39 is 0 Å². The Hall–Kier alpha value is -0.670. The summed E-state index contributed by atoms with van der Waals surface area (Å²) >= 11 is 0. The Morgan fingerprint density at radius 2 is 1.74 bits per heavy atom. The van der Waals surface area contributed by atoms with E-state index in [2.05, 4.69) is 40.7 Å². The molecule has 0 radical (unpaired) electrons. The highest BCUT2D eigenvalue weighted by molar-refractivity contribution is 5.63. The number of fused-ring (bicyclic) bond motifs is 7. The fraction of sp³-hybridized carbons (Fsp3) is 0.893. The SMILES string of the molecule is CC1(C)CCC2(C=O)CC[C@]3(C)C(=CCC4C5(C)CCC(N)CC5C(O)CC43C)C2C1. The topological polar surface area (TPSA) is 63.3 Å². The summed E-state index contributed by atoms with van der Waals surface area (Å²) in [6, 6.07) is 0.245. The summed E-state index contributed by atoms with van der Waals surface area (Å²) in [5.74, 6) is 1.31. The van der Waals surface area contributed by atoms with Crippen LogP contribution >= 0.6 is 0 Å². The number of aldehydes is 1. The van der Waals surface area contributed by atoms with E-state index >= 15 is 0 Å². The second-order valence-corrected chi connectivity index (χ2v) is 13.9. The molecule has 0 bridgehead atoms. The Morgan fingerprint density at radius 1 is 1.03 bits per heavy atom. The van der Waals surface area contributed by atoms with Gasteiger partial charge in [0.05, 0.1) is 6.10 Å². The number of carbonyl (C=O) groups excluding carboxylic acids is 1. The molecule has 5 rings (SSSR count). The molecular formula is C28H45NO2. The number of hydrogen-bond acceptors (Lipinski definition) is 3. The largest absolute Gasteiger partial charge is 0.393 e. The summed E-state index contributed by atoms with van der Waals surface area (Å²) in [6.07, 6.45) is 14.3. The van der Waals surface area contributed by atoms with Crippen molar-refractivity contribution in [3.05, 3.63) is 11.6 Å². The molecule has 5 aliphatic carbocycles. The highest BCUT2D eigenvalue weighted by Gasteiger charge is 2.67. The summed E-state index contributed by atoms with van der Waals surface area (Å²) in [7, 11) is 0. The van der Waals surface area contributed by atoms with Crippen molar-refractivity contribution >= 4 is 6.29 Å². The van der Waals surface area contributed by atoms with Gasteiger partial charge >= 0.3 is 0 Å². The summed E-state index contributed by atoms with van der Waals surface area (Å²) < 4.78 is 0. The zero-order valence-electron chi connectivity index (χ0n) is 20.5. The molecule has 0 aromatic rings. The molecule has 0 saturated heterocycles. The van der Waals surface area contributed by atoms with E-state index in [0.717, 1.165) is 64.2 Å². The van der Waals surface area contributed by atoms with E-state index in [0.29, 0.717) is 23.2 Å². The van der Waals surface area contributed by atoms with Crippen molar-refractivity contribution in [3.8, 4) is 0 Å². The van der Waals surface area contributed by atoms with Crippen LogP contribution in [-0.2, 0) is 4.79 Å². The molecule has 174 valence electrons. The minimum atomic E-state index is -0.255. The summed E-state index contributed by atoms with van der Waals surface area (Å²) in [5, 5.41) is 11.5. The minimum absolute atomic E-state index is 0.0784. The molecule has 3 heteroatoms. The zero-order chi connectivity index (χ0) is 22.4. The molecule has 9 atom stereocenters. The number of allylic oxidation sites excluding steroid dienone is 2. The van der Waals surface area contributed by atoms with Crippen LogP contribution in [0, 0.1) is 44.8 Å². The molecule has 3 nitrogen and oxygen atoms in total. The number of nitrogens with two attached hydrogens (primary N) is 1. The van der Waals surface area contributed by atoms with Crippen molar-refractivity contribution in [2.45, 2.75) is 111 Å². The molecule has 0 heterocycles. The highest BCUT2D eigenvalue weighted by atomic mass is 16.3. The van der Waals surface area contributed by atoms with Gasteiger partial charge in [-0.05, 0) is 104 Å². The zero-order valence-corrected chi connectivity index (χ0v) is 20.5. The first-order chi connectivity index (χ1) is 14.4. The van der Waals surface area contributed by atoms with Crippen molar-refractivity contribution in [1.29, 1.82) is 0 Å². The van der Waals surface area contributed by atoms with E-state index in [4.69, 9.17) is 5.73 Å². The number of aliphatic hydroxyl groups is 1. The summed E-state index contributed by atoms with van der Waals surface area (Å²) in [6.45, 7) is 12.3. The Morgan fingerprint density at radius 3 is 2.45 bits per heavy atom. The third kappa shape index (κ3) is 2.81. The first-order valence-corrected chi connectivity index (χ1v) is 13.0. The Bertz CT molecular complexity index is 803. The van der Waals surface area contributed by atoms with Crippen molar-refractivity contribution in [3.63, 3.8) is 0 Å². The van der Waals surface area contributed by atoms with Crippen molar-refractivity contribution in [2.75, 3.05) is 0 Å². The van der Waals surface area contributed by atoms with E-state index in [1.807, 2.05) is 0 Å². The highest BCUT2D eigenvalue weighted by Crippen LogP contribution is 2.74. The third-order valence-electron chi connectivity index (χ3n) is 12.0. The van der Waals surface area contributed by atoms with Gasteiger partial charge in [-0.25, -0.2) is 0 Å². The summed E-state index contributed by atoms with van der Waals surface area (Å²) in [4.78, 5) is 12.5. The number of aliphatic hydroxyl groups excluding tert-OH is 1. The maximum atomic E-state index is 12.5. The molecule has 0 amide bonds. The monoisotopic (exact) mass is 427 g/mol. The van der Waals surface area contributed by atoms with Gasteiger partial charge < -0.3 is 15.6 Å². The van der Waals surface area contributed by atoms with Gasteiger partial charge in [-0.1, -0.05) is 46.3 Å². The average Bonchev–Trinajstić information content (AvgIpc) is 2.70. The van der Waals surface area contributed by atoms with Crippen molar-refractivity contribution in [2.24, 2.45) is 50.6 Å². The normalized spacial score (nSPS) is 55.7. The van der Waals surface area contributed by atoms with Crippen LogP contribution in [0.25, 0.3) is 0 Å². The van der Waals surface area contributed by atoms with Crippen LogP contribution in [0.3, 0.4) is 0 Å². The molecule has 0 aromatic heterocycles. The van der Waals surface area contributed by atoms with Gasteiger partial charge in [0.1, 0.15) is 6.29 Å². The lowest BCUT2D eigenvalue weighted by Gasteiger charge is -2.70. The second-order valence-electron chi connectivity index (χ2n) is 13.9. The number of rotatable bonds is 1. The van der Waals surface area contributed by atoms with Gasteiger partial charge in [-0.15, -0.1) is 0 Å². The predicted molar refractivity (Wildman–Crippen MR) is 125 cm³/mol. The molecular weight excluding hydrogens is 382 g/mol. The Labute approximate surface area is 189 Å². The third-order valence-corrected chi connectivity index (χ3v) is 12.0. The molecule has 0 spiro atoms. The van der Waals surface area contributed by atoms with Gasteiger partial charge in [0, 0.05) is 11.5 Å². The maximum absolute atomic E-state index is 12.5. The van der Waals surface area contributed by atoms with Crippen LogP contribution in [0.15, 0.2) is 11.6 Å². The van der Waals surface area contributed by atoms with Crippen LogP contribution in [0.5, 0.6) is 0 Å². The Balaban J connectivity index is 1.60. The minimum Gasteiger partial charge on any atom is -0.393 e. The molecule has 0 aromatic carbocycles. The lowest BCUT2D eigenvalue weighted by molar-refractivity contribution is -0.195. The lowest BCUT2D eigenvalue weighted by Crippen LogP contribution is -2.65. The standard InChI is InChI=1S/C28H45NO2/c1-24(2)10-12-28(17-30)13-11-26(4)19(21(28)15-24)6-7-23-25(3)9-8-18(29)14-20(25)22(31)16-27(23,26)5/h6,17-18,20-23,31H,7-16,29H2,1-5H3/t18?,20?,21?,22?,23?,25?,26-,27?,28?/m1/s1. The molecule has 31 heavy (non-hydrogen) atoms. The van der Waals surface area contributed by atoms with Gasteiger partial charge in [0.15, 0.2) is 0 Å². The summed E-state index contributed by atoms with van der Waals surface area (Å²) in [5.41, 5.74) is 8.43. The predicted octanol–water partition coefficient (Wildman–Crippen LogP) is 5.65. The number of hydrogen-bond donors (Lipinski definition) is 2. The quantitative estimate of drug-likeness (QED) is 0.420. The molecule has 8 unspecified atom stereocenters.